The zero-order valence-corrected chi connectivity index (χ0v) is 8.57. The Morgan fingerprint density at radius 3 is 3.07 bits per heavy atom. The van der Waals surface area contributed by atoms with E-state index in [1.807, 2.05) is 24.0 Å². The van der Waals surface area contributed by atoms with Gasteiger partial charge in [0.15, 0.2) is 0 Å². The number of hydrogen-bond donors (Lipinski definition) is 0. The van der Waals surface area contributed by atoms with E-state index in [0.29, 0.717) is 18.1 Å². The molecule has 1 aliphatic carbocycles. The molecule has 76 valence electrons. The third kappa shape index (κ3) is 1.86. The van der Waals surface area contributed by atoms with Gasteiger partial charge in [-0.1, -0.05) is 6.42 Å². The van der Waals surface area contributed by atoms with Gasteiger partial charge in [0.2, 0.25) is 0 Å². The lowest BCUT2D eigenvalue weighted by Gasteiger charge is -2.12. The van der Waals surface area contributed by atoms with Crippen LogP contribution in [-0.4, -0.2) is 15.3 Å². The summed E-state index contributed by atoms with van der Waals surface area (Å²) >= 11 is 0. The van der Waals surface area contributed by atoms with E-state index in [0.717, 1.165) is 31.5 Å². The number of rotatable bonds is 1. The van der Waals surface area contributed by atoms with Crippen molar-refractivity contribution in [3.05, 3.63) is 18.2 Å². The number of ketones is 1. The number of hydrogen-bond acceptors (Lipinski definition) is 2. The van der Waals surface area contributed by atoms with Crippen molar-refractivity contribution in [1.82, 2.24) is 9.55 Å². The fraction of sp³-hybridized carbons (Fsp3) is 0.636. The first-order valence-electron chi connectivity index (χ1n) is 5.26. The van der Waals surface area contributed by atoms with Crippen molar-refractivity contribution in [3.63, 3.8) is 0 Å². The lowest BCUT2D eigenvalue weighted by Crippen LogP contribution is -2.08. The van der Waals surface area contributed by atoms with Gasteiger partial charge in [-0.15, -0.1) is 0 Å². The van der Waals surface area contributed by atoms with E-state index in [1.165, 1.54) is 0 Å². The first kappa shape index (κ1) is 9.44. The third-order valence-corrected chi connectivity index (χ3v) is 2.96. The van der Waals surface area contributed by atoms with Crippen LogP contribution in [0.1, 0.15) is 43.8 Å². The lowest BCUT2D eigenvalue weighted by molar-refractivity contribution is -0.119. The highest BCUT2D eigenvalue weighted by atomic mass is 16.1. The van der Waals surface area contributed by atoms with Crippen LogP contribution in [0, 0.1) is 0 Å². The molecule has 2 rings (SSSR count). The molecule has 0 bridgehead atoms. The summed E-state index contributed by atoms with van der Waals surface area (Å²) in [5.74, 6) is 1.82. The minimum atomic E-state index is 0.352. The molecule has 1 aliphatic rings. The maximum Gasteiger partial charge on any atom is 0.133 e. The predicted molar refractivity (Wildman–Crippen MR) is 54.0 cm³/mol. The maximum absolute atomic E-state index is 11.5. The number of aromatic nitrogens is 2. The Hall–Kier alpha value is -1.12. The molecule has 0 radical (unpaired) electrons. The summed E-state index contributed by atoms with van der Waals surface area (Å²) in [6.45, 7) is 0. The number of aryl methyl sites for hydroxylation is 1. The molecule has 0 aromatic carbocycles. The number of carbonyl (C=O) groups is 1. The average molecular weight is 192 g/mol. The standard InChI is InChI=1S/C11H16N2O/c1-13-7-6-12-11(13)9-4-2-3-5-10(14)8-9/h6-7,9H,2-5,8H2,1H3. The zero-order chi connectivity index (χ0) is 9.97. The van der Waals surface area contributed by atoms with Crippen molar-refractivity contribution in [3.8, 4) is 0 Å². The highest BCUT2D eigenvalue weighted by molar-refractivity contribution is 5.79. The molecule has 14 heavy (non-hydrogen) atoms. The molecule has 3 heteroatoms. The highest BCUT2D eigenvalue weighted by Gasteiger charge is 2.21. The second-order valence-electron chi connectivity index (χ2n) is 4.08. The fourth-order valence-corrected chi connectivity index (χ4v) is 2.18. The molecule has 0 saturated heterocycles. The van der Waals surface area contributed by atoms with Gasteiger partial charge in [-0.05, 0) is 12.8 Å². The molecule has 0 spiro atoms. The van der Waals surface area contributed by atoms with Crippen LogP contribution in [0.3, 0.4) is 0 Å². The minimum absolute atomic E-state index is 0.352. The number of imidazole rings is 1. The van der Waals surface area contributed by atoms with Gasteiger partial charge in [-0.3, -0.25) is 4.79 Å². The molecule has 1 heterocycles. The van der Waals surface area contributed by atoms with Crippen molar-refractivity contribution in [2.45, 2.75) is 38.0 Å². The summed E-state index contributed by atoms with van der Waals surface area (Å²) < 4.78 is 2.03. The summed E-state index contributed by atoms with van der Waals surface area (Å²) in [7, 11) is 2.00. The Bertz CT molecular complexity index is 330. The van der Waals surface area contributed by atoms with E-state index < -0.39 is 0 Å². The van der Waals surface area contributed by atoms with Gasteiger partial charge in [0.05, 0.1) is 0 Å². The van der Waals surface area contributed by atoms with Crippen molar-refractivity contribution >= 4 is 5.78 Å². The molecular weight excluding hydrogens is 176 g/mol. The molecule has 1 atom stereocenters. The Balaban J connectivity index is 2.17. The predicted octanol–water partition coefficient (Wildman–Crippen LogP) is 2.04. The topological polar surface area (TPSA) is 34.9 Å². The van der Waals surface area contributed by atoms with Gasteiger partial charge in [0.25, 0.3) is 0 Å². The summed E-state index contributed by atoms with van der Waals surface area (Å²) in [6, 6.07) is 0. The molecule has 1 unspecified atom stereocenters. The minimum Gasteiger partial charge on any atom is -0.338 e. The van der Waals surface area contributed by atoms with Crippen LogP contribution >= 0.6 is 0 Å². The third-order valence-electron chi connectivity index (χ3n) is 2.96. The van der Waals surface area contributed by atoms with E-state index in [4.69, 9.17) is 0 Å². The maximum atomic E-state index is 11.5. The monoisotopic (exact) mass is 192 g/mol. The summed E-state index contributed by atoms with van der Waals surface area (Å²) in [4.78, 5) is 15.8. The van der Waals surface area contributed by atoms with Crippen molar-refractivity contribution < 1.29 is 4.79 Å². The molecular formula is C11H16N2O. The van der Waals surface area contributed by atoms with Gasteiger partial charge in [0, 0.05) is 38.2 Å². The Kier molecular flexibility index (Phi) is 2.66. The molecule has 1 aromatic rings. The first-order valence-corrected chi connectivity index (χ1v) is 5.26. The number of Topliss-reactive ketones (excluding diaryl/α,β-unsaturated/α-hetero) is 1. The van der Waals surface area contributed by atoms with Crippen LogP contribution in [0.4, 0.5) is 0 Å². The number of nitrogens with zero attached hydrogens (tertiary/aromatic N) is 2. The summed E-state index contributed by atoms with van der Waals surface area (Å²) in [6.07, 6.45) is 8.53. The van der Waals surface area contributed by atoms with Gasteiger partial charge >= 0.3 is 0 Å². The Morgan fingerprint density at radius 1 is 1.50 bits per heavy atom. The van der Waals surface area contributed by atoms with Gasteiger partial charge in [0.1, 0.15) is 11.6 Å². The molecule has 1 saturated carbocycles. The fourth-order valence-electron chi connectivity index (χ4n) is 2.18. The molecule has 3 nitrogen and oxygen atoms in total. The molecule has 1 fully saturated rings. The van der Waals surface area contributed by atoms with Crippen LogP contribution in [-0.2, 0) is 11.8 Å². The number of carbonyl (C=O) groups excluding carboxylic acids is 1. The van der Waals surface area contributed by atoms with E-state index in [2.05, 4.69) is 4.98 Å². The first-order chi connectivity index (χ1) is 6.77. The van der Waals surface area contributed by atoms with Crippen LogP contribution in [0.2, 0.25) is 0 Å². The smallest absolute Gasteiger partial charge is 0.133 e. The van der Waals surface area contributed by atoms with Gasteiger partial charge < -0.3 is 4.57 Å². The Labute approximate surface area is 84.1 Å². The van der Waals surface area contributed by atoms with Crippen LogP contribution in [0.5, 0.6) is 0 Å². The van der Waals surface area contributed by atoms with Crippen LogP contribution in [0.25, 0.3) is 0 Å². The lowest BCUT2D eigenvalue weighted by atomic mass is 9.99. The second kappa shape index (κ2) is 3.95. The van der Waals surface area contributed by atoms with Crippen LogP contribution in [0.15, 0.2) is 12.4 Å². The van der Waals surface area contributed by atoms with Crippen molar-refractivity contribution in [2.24, 2.45) is 7.05 Å². The molecule has 0 aliphatic heterocycles. The summed E-state index contributed by atoms with van der Waals surface area (Å²) in [5, 5.41) is 0. The van der Waals surface area contributed by atoms with Crippen molar-refractivity contribution in [2.75, 3.05) is 0 Å². The zero-order valence-electron chi connectivity index (χ0n) is 8.57. The highest BCUT2D eigenvalue weighted by Crippen LogP contribution is 2.28. The van der Waals surface area contributed by atoms with Crippen LogP contribution < -0.4 is 0 Å². The quantitative estimate of drug-likeness (QED) is 0.638. The second-order valence-corrected chi connectivity index (χ2v) is 4.08. The largest absolute Gasteiger partial charge is 0.338 e. The molecule has 0 amide bonds. The average Bonchev–Trinajstić information content (AvgIpc) is 2.45. The Morgan fingerprint density at radius 2 is 2.36 bits per heavy atom. The van der Waals surface area contributed by atoms with E-state index in [-0.39, 0.29) is 0 Å². The van der Waals surface area contributed by atoms with E-state index >= 15 is 0 Å². The van der Waals surface area contributed by atoms with Crippen molar-refractivity contribution in [1.29, 1.82) is 0 Å². The molecule has 0 N–H and O–H groups in total. The van der Waals surface area contributed by atoms with E-state index in [1.54, 1.807) is 0 Å². The summed E-state index contributed by atoms with van der Waals surface area (Å²) in [5.41, 5.74) is 0. The molecule has 1 aromatic heterocycles. The van der Waals surface area contributed by atoms with Gasteiger partial charge in [-0.2, -0.15) is 0 Å². The SMILES string of the molecule is Cn1ccnc1C1CCCCC(=O)C1. The van der Waals surface area contributed by atoms with E-state index in [9.17, 15) is 4.79 Å². The van der Waals surface area contributed by atoms with Gasteiger partial charge in [-0.25, -0.2) is 4.98 Å². The normalized spacial score (nSPS) is 23.5.